The molecule has 0 bridgehead atoms. The molecule has 0 aliphatic carbocycles. The Labute approximate surface area is 135 Å². The molecule has 0 spiro atoms. The van der Waals surface area contributed by atoms with Crippen molar-refractivity contribution < 1.29 is 17.5 Å². The third-order valence-electron chi connectivity index (χ3n) is 3.96. The van der Waals surface area contributed by atoms with Crippen molar-refractivity contribution in [1.82, 2.24) is 4.72 Å². The number of fused-ring (bicyclic) bond motifs is 1. The lowest BCUT2D eigenvalue weighted by molar-refractivity contribution is 0.223. The van der Waals surface area contributed by atoms with Gasteiger partial charge in [-0.15, -0.1) is 0 Å². The summed E-state index contributed by atoms with van der Waals surface area (Å²) < 4.78 is 46.3. The van der Waals surface area contributed by atoms with E-state index >= 15 is 0 Å². The molecule has 0 saturated carbocycles. The summed E-state index contributed by atoms with van der Waals surface area (Å²) in [7, 11) is -3.74. The zero-order valence-corrected chi connectivity index (χ0v) is 13.6. The van der Waals surface area contributed by atoms with Gasteiger partial charge >= 0.3 is 0 Å². The monoisotopic (exact) mass is 335 g/mol. The van der Waals surface area contributed by atoms with Gasteiger partial charge < -0.3 is 4.74 Å². The largest absolute Gasteiger partial charge is 0.493 e. The van der Waals surface area contributed by atoms with E-state index in [1.165, 1.54) is 12.1 Å². The average molecular weight is 335 g/mol. The van der Waals surface area contributed by atoms with Crippen molar-refractivity contribution in [1.29, 1.82) is 0 Å². The van der Waals surface area contributed by atoms with Crippen LogP contribution in [0.2, 0.25) is 0 Å². The molecule has 0 fully saturated rings. The SMILES string of the molecule is Cc1ccc(F)cc1S(=O)(=O)NC[C@H]1COc2ccccc2C1. The molecule has 6 heteroatoms. The Hall–Kier alpha value is -1.92. The maximum atomic E-state index is 13.3. The molecule has 23 heavy (non-hydrogen) atoms. The minimum absolute atomic E-state index is 0.0189. The van der Waals surface area contributed by atoms with Gasteiger partial charge in [0.1, 0.15) is 11.6 Å². The summed E-state index contributed by atoms with van der Waals surface area (Å²) in [5.74, 6) is 0.340. The van der Waals surface area contributed by atoms with Crippen molar-refractivity contribution >= 4 is 10.0 Å². The van der Waals surface area contributed by atoms with Crippen LogP contribution in [-0.4, -0.2) is 21.6 Å². The summed E-state index contributed by atoms with van der Waals surface area (Å²) in [6.07, 6.45) is 0.751. The van der Waals surface area contributed by atoms with Crippen LogP contribution in [-0.2, 0) is 16.4 Å². The summed E-state index contributed by atoms with van der Waals surface area (Å²) >= 11 is 0. The second-order valence-electron chi connectivity index (χ2n) is 5.75. The van der Waals surface area contributed by atoms with Gasteiger partial charge in [0.15, 0.2) is 0 Å². The van der Waals surface area contributed by atoms with E-state index in [2.05, 4.69) is 4.72 Å². The van der Waals surface area contributed by atoms with Gasteiger partial charge in [0, 0.05) is 12.5 Å². The lowest BCUT2D eigenvalue weighted by Crippen LogP contribution is -2.35. The van der Waals surface area contributed by atoms with Crippen molar-refractivity contribution in [2.24, 2.45) is 5.92 Å². The van der Waals surface area contributed by atoms with Crippen LogP contribution in [0, 0.1) is 18.7 Å². The van der Waals surface area contributed by atoms with Crippen LogP contribution in [0.25, 0.3) is 0 Å². The van der Waals surface area contributed by atoms with E-state index < -0.39 is 15.8 Å². The number of hydrogen-bond acceptors (Lipinski definition) is 3. The fraction of sp³-hybridized carbons (Fsp3) is 0.294. The first kappa shape index (κ1) is 16.0. The van der Waals surface area contributed by atoms with E-state index in [0.29, 0.717) is 12.2 Å². The number of nitrogens with one attached hydrogen (secondary N) is 1. The number of sulfonamides is 1. The van der Waals surface area contributed by atoms with Gasteiger partial charge in [-0.05, 0) is 42.7 Å². The molecule has 1 atom stereocenters. The van der Waals surface area contributed by atoms with Crippen LogP contribution < -0.4 is 9.46 Å². The molecular weight excluding hydrogens is 317 g/mol. The Morgan fingerprint density at radius 1 is 1.26 bits per heavy atom. The van der Waals surface area contributed by atoms with E-state index in [-0.39, 0.29) is 17.4 Å². The van der Waals surface area contributed by atoms with Crippen molar-refractivity contribution in [2.75, 3.05) is 13.2 Å². The van der Waals surface area contributed by atoms with E-state index in [4.69, 9.17) is 4.74 Å². The van der Waals surface area contributed by atoms with Gasteiger partial charge in [-0.3, -0.25) is 0 Å². The topological polar surface area (TPSA) is 55.4 Å². The zero-order valence-electron chi connectivity index (χ0n) is 12.8. The molecule has 1 aliphatic rings. The van der Waals surface area contributed by atoms with Gasteiger partial charge in [0.2, 0.25) is 10.0 Å². The van der Waals surface area contributed by atoms with Crippen molar-refractivity contribution in [3.05, 3.63) is 59.4 Å². The van der Waals surface area contributed by atoms with Crippen LogP contribution in [0.3, 0.4) is 0 Å². The Kier molecular flexibility index (Phi) is 4.37. The van der Waals surface area contributed by atoms with Crippen LogP contribution >= 0.6 is 0 Å². The molecule has 2 aromatic carbocycles. The number of rotatable bonds is 4. The first-order valence-corrected chi connectivity index (χ1v) is 8.90. The number of aryl methyl sites for hydroxylation is 1. The zero-order chi connectivity index (χ0) is 16.4. The summed E-state index contributed by atoms with van der Waals surface area (Å²) in [4.78, 5) is -0.0189. The lowest BCUT2D eigenvalue weighted by Gasteiger charge is -2.25. The van der Waals surface area contributed by atoms with Crippen molar-refractivity contribution in [3.8, 4) is 5.75 Å². The molecule has 122 valence electrons. The Morgan fingerprint density at radius 2 is 2.04 bits per heavy atom. The van der Waals surface area contributed by atoms with Gasteiger partial charge in [-0.25, -0.2) is 17.5 Å². The molecule has 2 aromatic rings. The fourth-order valence-corrected chi connectivity index (χ4v) is 4.06. The predicted molar refractivity (Wildman–Crippen MR) is 85.5 cm³/mol. The molecule has 0 unspecified atom stereocenters. The Bertz CT molecular complexity index is 820. The number of para-hydroxylation sites is 1. The van der Waals surface area contributed by atoms with E-state index in [1.807, 2.05) is 24.3 Å². The maximum absolute atomic E-state index is 13.3. The highest BCUT2D eigenvalue weighted by Crippen LogP contribution is 2.26. The normalized spacial score (nSPS) is 17.4. The minimum atomic E-state index is -3.74. The summed E-state index contributed by atoms with van der Waals surface area (Å²) in [6.45, 7) is 2.36. The minimum Gasteiger partial charge on any atom is -0.493 e. The molecule has 1 aliphatic heterocycles. The molecule has 0 radical (unpaired) electrons. The van der Waals surface area contributed by atoms with Crippen LogP contribution in [0.5, 0.6) is 5.75 Å². The summed E-state index contributed by atoms with van der Waals surface area (Å²) in [5, 5.41) is 0. The predicted octanol–water partition coefficient (Wildman–Crippen LogP) is 2.66. The highest BCUT2D eigenvalue weighted by molar-refractivity contribution is 7.89. The second kappa shape index (κ2) is 6.29. The number of hydrogen-bond donors (Lipinski definition) is 1. The molecular formula is C17H18FNO3S. The van der Waals surface area contributed by atoms with Crippen LogP contribution in [0.4, 0.5) is 4.39 Å². The van der Waals surface area contributed by atoms with Crippen molar-refractivity contribution in [2.45, 2.75) is 18.2 Å². The van der Waals surface area contributed by atoms with E-state index in [1.54, 1.807) is 6.92 Å². The third-order valence-corrected chi connectivity index (χ3v) is 5.52. The average Bonchev–Trinajstić information content (AvgIpc) is 2.55. The van der Waals surface area contributed by atoms with Gasteiger partial charge in [0.05, 0.1) is 11.5 Å². The van der Waals surface area contributed by atoms with Gasteiger partial charge in [0.25, 0.3) is 0 Å². The third kappa shape index (κ3) is 3.54. The van der Waals surface area contributed by atoms with E-state index in [9.17, 15) is 12.8 Å². The smallest absolute Gasteiger partial charge is 0.240 e. The molecule has 0 amide bonds. The fourth-order valence-electron chi connectivity index (χ4n) is 2.69. The quantitative estimate of drug-likeness (QED) is 0.934. The Balaban J connectivity index is 1.70. The highest BCUT2D eigenvalue weighted by atomic mass is 32.2. The molecule has 1 N–H and O–H groups in total. The van der Waals surface area contributed by atoms with Crippen molar-refractivity contribution in [3.63, 3.8) is 0 Å². The summed E-state index contributed by atoms with van der Waals surface area (Å²) in [6, 6.07) is 11.5. The highest BCUT2D eigenvalue weighted by Gasteiger charge is 2.23. The lowest BCUT2D eigenvalue weighted by atomic mass is 9.97. The number of halogens is 1. The van der Waals surface area contributed by atoms with Gasteiger partial charge in [-0.1, -0.05) is 24.3 Å². The molecule has 4 nitrogen and oxygen atoms in total. The first-order chi connectivity index (χ1) is 11.0. The second-order valence-corrected chi connectivity index (χ2v) is 7.49. The van der Waals surface area contributed by atoms with Gasteiger partial charge in [-0.2, -0.15) is 0 Å². The number of benzene rings is 2. The molecule has 1 heterocycles. The Morgan fingerprint density at radius 3 is 2.87 bits per heavy atom. The molecule has 0 aromatic heterocycles. The molecule has 0 saturated heterocycles. The van der Waals surface area contributed by atoms with Crippen LogP contribution in [0.1, 0.15) is 11.1 Å². The standard InChI is InChI=1S/C17H18FNO3S/c1-12-6-7-15(18)9-17(12)23(20,21)19-10-13-8-14-4-2-3-5-16(14)22-11-13/h2-7,9,13,19H,8,10-11H2,1H3/t13-/m0/s1. The van der Waals surface area contributed by atoms with E-state index in [0.717, 1.165) is 23.8 Å². The molecule has 3 rings (SSSR count). The maximum Gasteiger partial charge on any atom is 0.240 e. The first-order valence-electron chi connectivity index (χ1n) is 7.42. The van der Waals surface area contributed by atoms with Crippen LogP contribution in [0.15, 0.2) is 47.4 Å². The summed E-state index contributed by atoms with van der Waals surface area (Å²) in [5.41, 5.74) is 1.59. The number of ether oxygens (including phenoxy) is 1.